The van der Waals surface area contributed by atoms with Crippen molar-refractivity contribution in [3.8, 4) is 5.75 Å². The molecule has 37 heavy (non-hydrogen) atoms. The Morgan fingerprint density at radius 1 is 1.03 bits per heavy atom. The maximum atomic E-state index is 13.4. The number of hydrogen-bond donors (Lipinski definition) is 1. The predicted molar refractivity (Wildman–Crippen MR) is 140 cm³/mol. The van der Waals surface area contributed by atoms with Gasteiger partial charge in [-0.3, -0.25) is 14.5 Å². The van der Waals surface area contributed by atoms with Crippen LogP contribution in [0.4, 0.5) is 5.13 Å². The van der Waals surface area contributed by atoms with Crippen molar-refractivity contribution in [1.29, 1.82) is 0 Å². The third-order valence-corrected chi connectivity index (χ3v) is 7.23. The number of ether oxygens (including phenoxy) is 2. The highest BCUT2D eigenvalue weighted by Gasteiger charge is 2.48. The van der Waals surface area contributed by atoms with Crippen molar-refractivity contribution in [3.63, 3.8) is 0 Å². The molecule has 1 atom stereocenters. The van der Waals surface area contributed by atoms with Crippen LogP contribution in [0.3, 0.4) is 0 Å². The average molecular weight is 535 g/mol. The molecule has 8 nitrogen and oxygen atoms in total. The summed E-state index contributed by atoms with van der Waals surface area (Å²) in [6.07, 6.45) is 0. The molecule has 0 aliphatic carbocycles. The zero-order valence-corrected chi connectivity index (χ0v) is 21.2. The molecular weight excluding hydrogens is 516 g/mol. The summed E-state index contributed by atoms with van der Waals surface area (Å²) >= 11 is 7.33. The first-order valence-corrected chi connectivity index (χ1v) is 12.2. The summed E-state index contributed by atoms with van der Waals surface area (Å²) in [7, 11) is 2.76. The van der Waals surface area contributed by atoms with Crippen molar-refractivity contribution in [2.75, 3.05) is 19.1 Å². The molecule has 0 saturated carbocycles. The van der Waals surface area contributed by atoms with E-state index in [-0.39, 0.29) is 16.5 Å². The molecule has 1 aromatic heterocycles. The van der Waals surface area contributed by atoms with Gasteiger partial charge in [-0.15, -0.1) is 0 Å². The number of methoxy groups -OCH3 is 2. The molecule has 3 aromatic carbocycles. The standard InChI is InChI=1S/C27H19ClN2O6S/c1-35-18-5-3-4-16(12-18)23(31)21-22(14-6-8-15(9-7-14)26(34)36-2)30(25(33)24(21)32)27-29-19-11-10-17(28)13-20(19)37-27/h3-13,22,31H,1-2H3. The lowest BCUT2D eigenvalue weighted by atomic mass is 9.94. The molecule has 1 amide bonds. The number of aliphatic hydroxyl groups is 1. The summed E-state index contributed by atoms with van der Waals surface area (Å²) in [6, 6.07) is 17.0. The van der Waals surface area contributed by atoms with E-state index in [0.29, 0.717) is 33.0 Å². The number of hydrogen-bond acceptors (Lipinski definition) is 8. The smallest absolute Gasteiger partial charge is 0.337 e. The highest BCUT2D eigenvalue weighted by atomic mass is 35.5. The molecule has 0 bridgehead atoms. The first-order valence-electron chi connectivity index (χ1n) is 11.0. The second kappa shape index (κ2) is 9.68. The fraction of sp³-hybridized carbons (Fsp3) is 0.111. The number of nitrogens with zero attached hydrogens (tertiary/aromatic N) is 2. The van der Waals surface area contributed by atoms with Gasteiger partial charge < -0.3 is 14.6 Å². The van der Waals surface area contributed by atoms with E-state index in [1.54, 1.807) is 54.6 Å². The van der Waals surface area contributed by atoms with Gasteiger partial charge in [-0.05, 0) is 48.0 Å². The molecule has 0 spiro atoms. The van der Waals surface area contributed by atoms with Gasteiger partial charge in [0.15, 0.2) is 5.13 Å². The van der Waals surface area contributed by atoms with E-state index in [0.717, 1.165) is 4.70 Å². The summed E-state index contributed by atoms with van der Waals surface area (Å²) in [5, 5.41) is 12.1. The number of Topliss-reactive ketones (excluding diaryl/α,β-unsaturated/α-hetero) is 1. The highest BCUT2D eigenvalue weighted by Crippen LogP contribution is 2.44. The van der Waals surface area contributed by atoms with E-state index in [1.807, 2.05) is 0 Å². The fourth-order valence-electron chi connectivity index (χ4n) is 4.18. The van der Waals surface area contributed by atoms with Gasteiger partial charge in [-0.1, -0.05) is 47.2 Å². The van der Waals surface area contributed by atoms with Crippen LogP contribution in [0.2, 0.25) is 5.02 Å². The van der Waals surface area contributed by atoms with Crippen LogP contribution in [-0.2, 0) is 14.3 Å². The molecule has 1 unspecified atom stereocenters. The number of carbonyl (C=O) groups excluding carboxylic acids is 3. The Morgan fingerprint density at radius 2 is 1.78 bits per heavy atom. The van der Waals surface area contributed by atoms with Gasteiger partial charge in [0.25, 0.3) is 5.78 Å². The van der Waals surface area contributed by atoms with Crippen molar-refractivity contribution >= 4 is 61.7 Å². The number of aliphatic hydroxyl groups excluding tert-OH is 1. The van der Waals surface area contributed by atoms with Crippen molar-refractivity contribution in [1.82, 2.24) is 4.98 Å². The first-order chi connectivity index (χ1) is 17.8. The maximum absolute atomic E-state index is 13.4. The van der Waals surface area contributed by atoms with Crippen molar-refractivity contribution in [2.45, 2.75) is 6.04 Å². The molecule has 1 aliphatic rings. The van der Waals surface area contributed by atoms with Crippen LogP contribution in [0, 0.1) is 0 Å². The lowest BCUT2D eigenvalue weighted by Crippen LogP contribution is -2.29. The highest BCUT2D eigenvalue weighted by molar-refractivity contribution is 7.22. The number of carbonyl (C=O) groups is 3. The number of aromatic nitrogens is 1. The van der Waals surface area contributed by atoms with Crippen molar-refractivity contribution in [3.05, 3.63) is 94.0 Å². The number of halogens is 1. The molecule has 5 rings (SSSR count). The number of thiazole rings is 1. The number of ketones is 1. The Labute approximate surface area is 220 Å². The molecule has 2 heterocycles. The molecule has 1 aliphatic heterocycles. The van der Waals surface area contributed by atoms with Gasteiger partial charge in [0.05, 0.1) is 41.6 Å². The summed E-state index contributed by atoms with van der Waals surface area (Å²) < 4.78 is 10.8. The summed E-state index contributed by atoms with van der Waals surface area (Å²) in [5.74, 6) is -2.11. The molecular formula is C27H19ClN2O6S. The fourth-order valence-corrected chi connectivity index (χ4v) is 5.45. The van der Waals surface area contributed by atoms with Crippen LogP contribution in [0.5, 0.6) is 5.75 Å². The van der Waals surface area contributed by atoms with Gasteiger partial charge >= 0.3 is 11.9 Å². The largest absolute Gasteiger partial charge is 0.507 e. The number of esters is 1. The van der Waals surface area contributed by atoms with Crippen LogP contribution < -0.4 is 9.64 Å². The van der Waals surface area contributed by atoms with Gasteiger partial charge in [0, 0.05) is 10.6 Å². The molecule has 1 saturated heterocycles. The summed E-state index contributed by atoms with van der Waals surface area (Å²) in [6.45, 7) is 0. The monoisotopic (exact) mass is 534 g/mol. The SMILES string of the molecule is COC(=O)c1ccc(C2C(=C(O)c3cccc(OC)c3)C(=O)C(=O)N2c2nc3ccc(Cl)cc3s2)cc1. The van der Waals surface area contributed by atoms with Gasteiger partial charge in [0.1, 0.15) is 11.5 Å². The average Bonchev–Trinajstić information content (AvgIpc) is 3.45. The Kier molecular flexibility index (Phi) is 6.41. The normalized spacial score (nSPS) is 16.8. The number of fused-ring (bicyclic) bond motifs is 1. The topological polar surface area (TPSA) is 106 Å². The number of rotatable bonds is 5. The minimum Gasteiger partial charge on any atom is -0.507 e. The van der Waals surface area contributed by atoms with E-state index in [9.17, 15) is 19.5 Å². The number of amides is 1. The van der Waals surface area contributed by atoms with Crippen LogP contribution in [0.15, 0.2) is 72.3 Å². The van der Waals surface area contributed by atoms with E-state index in [2.05, 4.69) is 4.98 Å². The first kappa shape index (κ1) is 24.5. The minimum absolute atomic E-state index is 0.110. The van der Waals surface area contributed by atoms with Crippen LogP contribution in [0.25, 0.3) is 16.0 Å². The Morgan fingerprint density at radius 3 is 2.49 bits per heavy atom. The molecule has 10 heteroatoms. The lowest BCUT2D eigenvalue weighted by molar-refractivity contribution is -0.132. The Balaban J connectivity index is 1.71. The molecule has 0 radical (unpaired) electrons. The molecule has 1 N–H and O–H groups in total. The van der Waals surface area contributed by atoms with Gasteiger partial charge in [-0.2, -0.15) is 0 Å². The predicted octanol–water partition coefficient (Wildman–Crippen LogP) is 5.37. The Hall–Kier alpha value is -4.21. The molecule has 186 valence electrons. The van der Waals surface area contributed by atoms with Crippen molar-refractivity contribution in [2.24, 2.45) is 0 Å². The van der Waals surface area contributed by atoms with Gasteiger partial charge in [0.2, 0.25) is 0 Å². The number of anilines is 1. The van der Waals surface area contributed by atoms with E-state index in [1.165, 1.54) is 42.6 Å². The van der Waals surface area contributed by atoms with E-state index in [4.69, 9.17) is 21.1 Å². The summed E-state index contributed by atoms with van der Waals surface area (Å²) in [5.41, 5.74) is 1.60. The van der Waals surface area contributed by atoms with Crippen LogP contribution in [-0.4, -0.2) is 42.0 Å². The minimum atomic E-state index is -1.01. The van der Waals surface area contributed by atoms with Crippen molar-refractivity contribution < 1.29 is 29.0 Å². The van der Waals surface area contributed by atoms with Crippen LogP contribution in [0.1, 0.15) is 27.5 Å². The van der Waals surface area contributed by atoms with E-state index < -0.39 is 23.7 Å². The van der Waals surface area contributed by atoms with Gasteiger partial charge in [-0.25, -0.2) is 9.78 Å². The quantitative estimate of drug-likeness (QED) is 0.159. The Bertz CT molecular complexity index is 1590. The number of benzene rings is 3. The molecule has 4 aromatic rings. The third kappa shape index (κ3) is 4.32. The third-order valence-electron chi connectivity index (χ3n) is 5.98. The maximum Gasteiger partial charge on any atom is 0.337 e. The molecule has 1 fully saturated rings. The second-order valence-electron chi connectivity index (χ2n) is 8.12. The lowest BCUT2D eigenvalue weighted by Gasteiger charge is -2.23. The second-order valence-corrected chi connectivity index (χ2v) is 9.57. The summed E-state index contributed by atoms with van der Waals surface area (Å²) in [4.78, 5) is 44.6. The van der Waals surface area contributed by atoms with E-state index >= 15 is 0 Å². The zero-order valence-electron chi connectivity index (χ0n) is 19.6. The zero-order chi connectivity index (χ0) is 26.3. The van der Waals surface area contributed by atoms with Crippen LogP contribution >= 0.6 is 22.9 Å².